The summed E-state index contributed by atoms with van der Waals surface area (Å²) in [5.74, 6) is 0.278. The van der Waals surface area contributed by atoms with Gasteiger partial charge in [0.15, 0.2) is 5.16 Å². The van der Waals surface area contributed by atoms with Crippen LogP contribution in [-0.4, -0.2) is 32.3 Å². The van der Waals surface area contributed by atoms with Crippen molar-refractivity contribution >= 4 is 46.6 Å². The highest BCUT2D eigenvalue weighted by Crippen LogP contribution is 2.24. The SMILES string of the molecule is C=CCn1c(CC(=O)Nc2ccccc2CC)nnc1SCC(=O)Nc1cccc(Cl)c1C. The first-order valence-corrected chi connectivity index (χ1v) is 11.9. The second-order valence-corrected chi connectivity index (χ2v) is 8.63. The predicted octanol–water partition coefficient (Wildman–Crippen LogP) is 4.90. The van der Waals surface area contributed by atoms with Crippen molar-refractivity contribution in [2.45, 2.75) is 38.4 Å². The van der Waals surface area contributed by atoms with Crippen LogP contribution in [0.2, 0.25) is 5.02 Å². The standard InChI is InChI=1S/C24H26ClN5O2S/c1-4-13-30-21(14-22(31)27-20-11-7-6-9-17(20)5-2)28-29-24(30)33-15-23(32)26-19-12-8-10-18(25)16(19)3/h4,6-12H,1,5,13-15H2,2-3H3,(H,26,32)(H,27,31). The Balaban J connectivity index is 1.65. The van der Waals surface area contributed by atoms with E-state index in [4.69, 9.17) is 11.6 Å². The quantitative estimate of drug-likeness (QED) is 0.316. The second-order valence-electron chi connectivity index (χ2n) is 7.28. The third-order valence-electron chi connectivity index (χ3n) is 4.97. The van der Waals surface area contributed by atoms with Gasteiger partial charge in [-0.1, -0.05) is 60.6 Å². The number of halogens is 1. The fraction of sp³-hybridized carbons (Fsp3) is 0.250. The van der Waals surface area contributed by atoms with Crippen LogP contribution in [0.15, 0.2) is 60.3 Å². The monoisotopic (exact) mass is 483 g/mol. The highest BCUT2D eigenvalue weighted by atomic mass is 35.5. The average Bonchev–Trinajstić information content (AvgIpc) is 3.17. The summed E-state index contributed by atoms with van der Waals surface area (Å²) in [7, 11) is 0. The van der Waals surface area contributed by atoms with E-state index in [1.807, 2.05) is 38.1 Å². The number of allylic oxidation sites excluding steroid dienone is 1. The molecule has 2 aromatic carbocycles. The molecule has 1 heterocycles. The smallest absolute Gasteiger partial charge is 0.234 e. The molecule has 2 N–H and O–H groups in total. The van der Waals surface area contributed by atoms with E-state index in [-0.39, 0.29) is 24.0 Å². The van der Waals surface area contributed by atoms with Crippen LogP contribution in [0, 0.1) is 6.92 Å². The van der Waals surface area contributed by atoms with Crippen molar-refractivity contribution in [2.75, 3.05) is 16.4 Å². The lowest BCUT2D eigenvalue weighted by atomic mass is 10.1. The molecule has 0 saturated heterocycles. The van der Waals surface area contributed by atoms with Crippen LogP contribution in [0.5, 0.6) is 0 Å². The maximum Gasteiger partial charge on any atom is 0.234 e. The maximum atomic E-state index is 12.6. The zero-order valence-electron chi connectivity index (χ0n) is 18.6. The second kappa shape index (κ2) is 11.7. The summed E-state index contributed by atoms with van der Waals surface area (Å²) in [6, 6.07) is 13.1. The molecule has 0 atom stereocenters. The third-order valence-corrected chi connectivity index (χ3v) is 6.35. The van der Waals surface area contributed by atoms with E-state index in [9.17, 15) is 9.59 Å². The lowest BCUT2D eigenvalue weighted by molar-refractivity contribution is -0.116. The zero-order valence-corrected chi connectivity index (χ0v) is 20.2. The Morgan fingerprint density at radius 1 is 1.09 bits per heavy atom. The van der Waals surface area contributed by atoms with Gasteiger partial charge in [0.1, 0.15) is 5.82 Å². The molecule has 0 unspecified atom stereocenters. The highest BCUT2D eigenvalue weighted by molar-refractivity contribution is 7.99. The molecule has 0 spiro atoms. The largest absolute Gasteiger partial charge is 0.325 e. The van der Waals surface area contributed by atoms with Crippen molar-refractivity contribution in [1.82, 2.24) is 14.8 Å². The first-order chi connectivity index (χ1) is 15.9. The first kappa shape index (κ1) is 24.5. The number of anilines is 2. The van der Waals surface area contributed by atoms with E-state index in [1.165, 1.54) is 11.8 Å². The van der Waals surface area contributed by atoms with Crippen LogP contribution < -0.4 is 10.6 Å². The lowest BCUT2D eigenvalue weighted by Gasteiger charge is -2.11. The number of carbonyl (C=O) groups excluding carboxylic acids is 2. The van der Waals surface area contributed by atoms with Crippen molar-refractivity contribution in [3.63, 3.8) is 0 Å². The van der Waals surface area contributed by atoms with Gasteiger partial charge in [0, 0.05) is 22.9 Å². The zero-order chi connectivity index (χ0) is 23.8. The van der Waals surface area contributed by atoms with Crippen LogP contribution >= 0.6 is 23.4 Å². The summed E-state index contributed by atoms with van der Waals surface area (Å²) < 4.78 is 1.79. The number of hydrogen-bond donors (Lipinski definition) is 2. The molecule has 9 heteroatoms. The van der Waals surface area contributed by atoms with Gasteiger partial charge < -0.3 is 15.2 Å². The first-order valence-electron chi connectivity index (χ1n) is 10.5. The number of amides is 2. The minimum atomic E-state index is -0.186. The van der Waals surface area contributed by atoms with Crippen molar-refractivity contribution in [3.05, 3.63) is 77.1 Å². The number of nitrogens with zero attached hydrogens (tertiary/aromatic N) is 3. The Morgan fingerprint density at radius 3 is 2.58 bits per heavy atom. The van der Waals surface area contributed by atoms with E-state index in [2.05, 4.69) is 27.4 Å². The predicted molar refractivity (Wildman–Crippen MR) is 134 cm³/mol. The molecular formula is C24H26ClN5O2S. The summed E-state index contributed by atoms with van der Waals surface area (Å²) in [6.07, 6.45) is 2.59. The maximum absolute atomic E-state index is 12.6. The van der Waals surface area contributed by atoms with Crippen molar-refractivity contribution in [1.29, 1.82) is 0 Å². The fourth-order valence-corrected chi connectivity index (χ4v) is 4.16. The Labute approximate surface area is 202 Å². The molecule has 3 aromatic rings. The summed E-state index contributed by atoms with van der Waals surface area (Å²) >= 11 is 7.37. The molecule has 2 amide bonds. The minimum absolute atomic E-state index is 0.0629. The number of aryl methyl sites for hydroxylation is 1. The molecule has 3 rings (SSSR count). The molecule has 1 aromatic heterocycles. The van der Waals surface area contributed by atoms with Gasteiger partial charge in [-0.25, -0.2) is 0 Å². The van der Waals surface area contributed by atoms with Crippen LogP contribution in [0.4, 0.5) is 11.4 Å². The Hall–Kier alpha value is -3.10. The van der Waals surface area contributed by atoms with E-state index >= 15 is 0 Å². The molecule has 0 aliphatic carbocycles. The number of carbonyl (C=O) groups is 2. The number of nitrogens with one attached hydrogen (secondary N) is 2. The van der Waals surface area contributed by atoms with Gasteiger partial charge in [-0.3, -0.25) is 9.59 Å². The highest BCUT2D eigenvalue weighted by Gasteiger charge is 2.17. The van der Waals surface area contributed by atoms with Crippen molar-refractivity contribution in [2.24, 2.45) is 0 Å². The molecule has 0 radical (unpaired) electrons. The van der Waals surface area contributed by atoms with E-state index in [1.54, 1.807) is 28.8 Å². The molecule has 0 bridgehead atoms. The van der Waals surface area contributed by atoms with Gasteiger partial charge in [-0.05, 0) is 42.7 Å². The number of benzene rings is 2. The van der Waals surface area contributed by atoms with Gasteiger partial charge in [-0.15, -0.1) is 16.8 Å². The summed E-state index contributed by atoms with van der Waals surface area (Å²) in [5.41, 5.74) is 3.34. The number of rotatable bonds is 10. The topological polar surface area (TPSA) is 88.9 Å². The molecule has 33 heavy (non-hydrogen) atoms. The summed E-state index contributed by atoms with van der Waals surface area (Å²) in [4.78, 5) is 25.1. The molecular weight excluding hydrogens is 458 g/mol. The number of para-hydroxylation sites is 1. The van der Waals surface area contributed by atoms with Gasteiger partial charge in [-0.2, -0.15) is 0 Å². The van der Waals surface area contributed by atoms with Crippen molar-refractivity contribution < 1.29 is 9.59 Å². The number of aromatic nitrogens is 3. The Morgan fingerprint density at radius 2 is 1.82 bits per heavy atom. The number of hydrogen-bond acceptors (Lipinski definition) is 5. The van der Waals surface area contributed by atoms with Crippen LogP contribution in [0.3, 0.4) is 0 Å². The van der Waals surface area contributed by atoms with Gasteiger partial charge in [0.05, 0.1) is 12.2 Å². The summed E-state index contributed by atoms with van der Waals surface area (Å²) in [5, 5.41) is 15.3. The third kappa shape index (κ3) is 6.46. The molecule has 0 fully saturated rings. The molecule has 7 nitrogen and oxygen atoms in total. The molecule has 0 aliphatic heterocycles. The van der Waals surface area contributed by atoms with Gasteiger partial charge >= 0.3 is 0 Å². The van der Waals surface area contributed by atoms with Gasteiger partial charge in [0.25, 0.3) is 0 Å². The van der Waals surface area contributed by atoms with Crippen LogP contribution in [0.25, 0.3) is 0 Å². The minimum Gasteiger partial charge on any atom is -0.325 e. The molecule has 0 aliphatic rings. The molecule has 0 saturated carbocycles. The number of thioether (sulfide) groups is 1. The van der Waals surface area contributed by atoms with E-state index in [0.717, 1.165) is 23.2 Å². The fourth-order valence-electron chi connectivity index (χ4n) is 3.22. The van der Waals surface area contributed by atoms with E-state index < -0.39 is 0 Å². The normalized spacial score (nSPS) is 10.6. The Bertz CT molecular complexity index is 1160. The van der Waals surface area contributed by atoms with Crippen LogP contribution in [0.1, 0.15) is 23.9 Å². The van der Waals surface area contributed by atoms with Gasteiger partial charge in [0.2, 0.25) is 11.8 Å². The van der Waals surface area contributed by atoms with Crippen LogP contribution in [-0.2, 0) is 29.0 Å². The Kier molecular flexibility index (Phi) is 8.68. The average molecular weight is 484 g/mol. The molecule has 172 valence electrons. The van der Waals surface area contributed by atoms with Crippen molar-refractivity contribution in [3.8, 4) is 0 Å². The lowest BCUT2D eigenvalue weighted by Crippen LogP contribution is -2.19. The summed E-state index contributed by atoms with van der Waals surface area (Å²) in [6.45, 7) is 8.10. The van der Waals surface area contributed by atoms with E-state index in [0.29, 0.717) is 28.2 Å².